The van der Waals surface area contributed by atoms with Crippen molar-refractivity contribution in [3.8, 4) is 0 Å². The SMILES string of the molecule is C=CC/C(=C/CC/C(C)=C/COP(=O)(O)OP(=O)(O)O)CCC=C(C)C. The quantitative estimate of drug-likeness (QED) is 0.284. The first-order chi connectivity index (χ1) is 11.9. The fourth-order valence-electron chi connectivity index (χ4n) is 2.06. The van der Waals surface area contributed by atoms with E-state index in [0.29, 0.717) is 0 Å². The third-order valence-corrected chi connectivity index (χ3v) is 5.43. The zero-order valence-electron chi connectivity index (χ0n) is 15.6. The van der Waals surface area contributed by atoms with Gasteiger partial charge in [0.1, 0.15) is 0 Å². The topological polar surface area (TPSA) is 113 Å². The molecule has 3 N–H and O–H groups in total. The maximum absolute atomic E-state index is 11.3. The minimum absolute atomic E-state index is 0.274. The Kier molecular flexibility index (Phi) is 12.2. The van der Waals surface area contributed by atoms with Gasteiger partial charge < -0.3 is 14.7 Å². The second-order valence-electron chi connectivity index (χ2n) is 6.10. The number of phosphoric ester groups is 1. The van der Waals surface area contributed by atoms with Crippen LogP contribution in [0.3, 0.4) is 0 Å². The van der Waals surface area contributed by atoms with E-state index in [1.165, 1.54) is 11.1 Å². The Morgan fingerprint density at radius 3 is 2.15 bits per heavy atom. The van der Waals surface area contributed by atoms with Crippen molar-refractivity contribution in [2.75, 3.05) is 6.61 Å². The highest BCUT2D eigenvalue weighted by Gasteiger charge is 2.31. The van der Waals surface area contributed by atoms with E-state index < -0.39 is 15.6 Å². The van der Waals surface area contributed by atoms with Crippen LogP contribution in [-0.2, 0) is 18.0 Å². The van der Waals surface area contributed by atoms with Crippen molar-refractivity contribution in [2.45, 2.75) is 52.9 Å². The maximum Gasteiger partial charge on any atom is 0.481 e. The highest BCUT2D eigenvalue weighted by molar-refractivity contribution is 7.60. The molecule has 0 rings (SSSR count). The highest BCUT2D eigenvalue weighted by Crippen LogP contribution is 2.57. The minimum atomic E-state index is -5.08. The minimum Gasteiger partial charge on any atom is -0.302 e. The fraction of sp³-hybridized carbons (Fsp3) is 0.529. The summed E-state index contributed by atoms with van der Waals surface area (Å²) in [7, 11) is -9.86. The zero-order valence-corrected chi connectivity index (χ0v) is 17.4. The molecule has 0 aliphatic heterocycles. The number of hydrogen-bond donors (Lipinski definition) is 3. The van der Waals surface area contributed by atoms with Crippen molar-refractivity contribution in [2.24, 2.45) is 0 Å². The van der Waals surface area contributed by atoms with E-state index in [-0.39, 0.29) is 6.61 Å². The molecule has 0 heterocycles. The molecule has 9 heteroatoms. The molecule has 0 fully saturated rings. The molecule has 7 nitrogen and oxygen atoms in total. The molecule has 26 heavy (non-hydrogen) atoms. The number of allylic oxidation sites excluding steroid dienone is 6. The van der Waals surface area contributed by atoms with Crippen LogP contribution in [0.4, 0.5) is 0 Å². The second kappa shape index (κ2) is 12.6. The first-order valence-corrected chi connectivity index (χ1v) is 11.3. The fourth-order valence-corrected chi connectivity index (χ4v) is 3.58. The Balaban J connectivity index is 4.43. The summed E-state index contributed by atoms with van der Waals surface area (Å²) in [4.78, 5) is 26.2. The van der Waals surface area contributed by atoms with E-state index in [9.17, 15) is 9.13 Å². The lowest BCUT2D eigenvalue weighted by Crippen LogP contribution is -1.94. The molecule has 0 spiro atoms. The van der Waals surface area contributed by atoms with Gasteiger partial charge in [0.2, 0.25) is 0 Å². The van der Waals surface area contributed by atoms with Crippen molar-refractivity contribution >= 4 is 15.6 Å². The number of rotatable bonds is 13. The summed E-state index contributed by atoms with van der Waals surface area (Å²) in [5.74, 6) is 0. The van der Waals surface area contributed by atoms with E-state index in [1.807, 2.05) is 13.0 Å². The van der Waals surface area contributed by atoms with Crippen molar-refractivity contribution in [1.29, 1.82) is 0 Å². The molecule has 0 aromatic carbocycles. The molecule has 0 saturated heterocycles. The molecule has 0 aromatic heterocycles. The zero-order chi connectivity index (χ0) is 20.2. The summed E-state index contributed by atoms with van der Waals surface area (Å²) in [5.41, 5.74) is 3.54. The Hall–Kier alpha value is -0.780. The lowest BCUT2D eigenvalue weighted by Gasteiger charge is -2.11. The molecule has 0 aliphatic rings. The highest BCUT2D eigenvalue weighted by atomic mass is 31.3. The van der Waals surface area contributed by atoms with Gasteiger partial charge >= 0.3 is 15.6 Å². The molecule has 0 bridgehead atoms. The van der Waals surface area contributed by atoms with E-state index >= 15 is 0 Å². The Labute approximate surface area is 156 Å². The average molecular weight is 408 g/mol. The second-order valence-corrected chi connectivity index (χ2v) is 8.93. The van der Waals surface area contributed by atoms with Crippen molar-refractivity contribution < 1.29 is 32.6 Å². The third kappa shape index (κ3) is 15.5. The molecule has 1 unspecified atom stereocenters. The first kappa shape index (κ1) is 25.2. The van der Waals surface area contributed by atoms with Crippen LogP contribution in [0.25, 0.3) is 0 Å². The van der Waals surface area contributed by atoms with Gasteiger partial charge in [0.15, 0.2) is 0 Å². The predicted octanol–water partition coefficient (Wildman–Crippen LogP) is 5.19. The predicted molar refractivity (Wildman–Crippen MR) is 103 cm³/mol. The van der Waals surface area contributed by atoms with Gasteiger partial charge in [-0.3, -0.25) is 4.52 Å². The van der Waals surface area contributed by atoms with Crippen LogP contribution in [0.2, 0.25) is 0 Å². The van der Waals surface area contributed by atoms with E-state index in [2.05, 4.69) is 41.4 Å². The van der Waals surface area contributed by atoms with Gasteiger partial charge in [-0.1, -0.05) is 41.0 Å². The van der Waals surface area contributed by atoms with Gasteiger partial charge in [-0.25, -0.2) is 9.13 Å². The molecule has 0 amide bonds. The van der Waals surface area contributed by atoms with Crippen molar-refractivity contribution in [3.63, 3.8) is 0 Å². The largest absolute Gasteiger partial charge is 0.481 e. The maximum atomic E-state index is 11.3. The van der Waals surface area contributed by atoms with Gasteiger partial charge in [-0.15, -0.1) is 6.58 Å². The summed E-state index contributed by atoms with van der Waals surface area (Å²) in [6.07, 6.45) is 12.2. The van der Waals surface area contributed by atoms with Crippen LogP contribution in [0.1, 0.15) is 52.9 Å². The van der Waals surface area contributed by atoms with Crippen LogP contribution in [0.15, 0.2) is 47.6 Å². The van der Waals surface area contributed by atoms with E-state index in [0.717, 1.165) is 37.7 Å². The molecule has 1 atom stereocenters. The van der Waals surface area contributed by atoms with Crippen LogP contribution in [0, 0.1) is 0 Å². The molecular formula is C17H30O7P2. The van der Waals surface area contributed by atoms with Gasteiger partial charge in [0.25, 0.3) is 0 Å². The summed E-state index contributed by atoms with van der Waals surface area (Å²) in [5, 5.41) is 0. The van der Waals surface area contributed by atoms with Crippen molar-refractivity contribution in [3.05, 3.63) is 47.6 Å². The van der Waals surface area contributed by atoms with Gasteiger partial charge in [-0.2, -0.15) is 4.31 Å². The summed E-state index contributed by atoms with van der Waals surface area (Å²) in [6, 6.07) is 0. The Morgan fingerprint density at radius 2 is 1.62 bits per heavy atom. The first-order valence-electron chi connectivity index (χ1n) is 8.27. The standard InChI is InChI=1S/C17H30O7P2/c1-5-8-17(11-6-9-15(2)3)12-7-10-16(4)13-14-23-26(21,22)24-25(18,19)20/h5,9,12-13H,1,6-8,10-11,14H2,2-4H3,(H,21,22)(H2,18,19,20)/b16-13+,17-12-. The average Bonchev–Trinajstić information content (AvgIpc) is 2.44. The van der Waals surface area contributed by atoms with Gasteiger partial charge in [-0.05, 0) is 52.9 Å². The number of hydrogen-bond acceptors (Lipinski definition) is 4. The monoisotopic (exact) mass is 408 g/mol. The van der Waals surface area contributed by atoms with Crippen LogP contribution in [0.5, 0.6) is 0 Å². The van der Waals surface area contributed by atoms with E-state index in [4.69, 9.17) is 14.7 Å². The Morgan fingerprint density at radius 1 is 1.00 bits per heavy atom. The third-order valence-electron chi connectivity index (χ3n) is 3.28. The lowest BCUT2D eigenvalue weighted by atomic mass is 10.0. The summed E-state index contributed by atoms with van der Waals surface area (Å²) in [6.45, 7) is 9.49. The summed E-state index contributed by atoms with van der Waals surface area (Å²) >= 11 is 0. The molecule has 0 saturated carbocycles. The van der Waals surface area contributed by atoms with Crippen molar-refractivity contribution in [1.82, 2.24) is 0 Å². The lowest BCUT2D eigenvalue weighted by molar-refractivity contribution is 0.191. The molecule has 0 aromatic rings. The Bertz CT molecular complexity index is 625. The normalized spacial score (nSPS) is 15.5. The summed E-state index contributed by atoms with van der Waals surface area (Å²) < 4.78 is 30.0. The van der Waals surface area contributed by atoms with Crippen LogP contribution in [-0.4, -0.2) is 21.3 Å². The van der Waals surface area contributed by atoms with E-state index in [1.54, 1.807) is 6.08 Å². The molecular weight excluding hydrogens is 378 g/mol. The van der Waals surface area contributed by atoms with Gasteiger partial charge in [0, 0.05) is 0 Å². The number of phosphoric acid groups is 2. The molecule has 0 radical (unpaired) electrons. The molecule has 0 aliphatic carbocycles. The van der Waals surface area contributed by atoms with Crippen LogP contribution < -0.4 is 0 Å². The van der Waals surface area contributed by atoms with Crippen LogP contribution >= 0.6 is 15.6 Å². The van der Waals surface area contributed by atoms with Gasteiger partial charge in [0.05, 0.1) is 6.61 Å². The smallest absolute Gasteiger partial charge is 0.302 e. The molecule has 150 valence electrons.